The summed E-state index contributed by atoms with van der Waals surface area (Å²) in [4.78, 5) is 21.9. The first-order valence-corrected chi connectivity index (χ1v) is 4.96. The summed E-state index contributed by atoms with van der Waals surface area (Å²) in [6.45, 7) is 1.07. The molecule has 1 rings (SSSR count). The molecular weight excluding hydrogens is 227 g/mol. The van der Waals surface area contributed by atoms with Crippen molar-refractivity contribution in [2.75, 3.05) is 6.61 Å². The highest BCUT2D eigenvalue weighted by molar-refractivity contribution is 5.86. The minimum atomic E-state index is -0.785. The maximum absolute atomic E-state index is 13.1. The van der Waals surface area contributed by atoms with E-state index in [1.54, 1.807) is 6.07 Å². The molecule has 3 N–H and O–H groups in total. The van der Waals surface area contributed by atoms with E-state index in [1.807, 2.05) is 0 Å². The lowest BCUT2D eigenvalue weighted by Crippen LogP contribution is -2.44. The molecule has 2 amide bonds. The Kier molecular flexibility index (Phi) is 4.45. The number of rotatable bonds is 5. The van der Waals surface area contributed by atoms with Crippen molar-refractivity contribution in [3.05, 3.63) is 30.1 Å². The number of carbonyl (C=O) groups excluding carboxylic acids is 2. The molecule has 0 aliphatic carbocycles. The second kappa shape index (κ2) is 5.83. The van der Waals surface area contributed by atoms with Gasteiger partial charge in [0.15, 0.2) is 18.2 Å². The monoisotopic (exact) mass is 240 g/mol. The van der Waals surface area contributed by atoms with Crippen LogP contribution in [0.4, 0.5) is 4.39 Å². The highest BCUT2D eigenvalue weighted by Crippen LogP contribution is 2.14. The molecule has 1 atom stereocenters. The third-order valence-electron chi connectivity index (χ3n) is 2.00. The summed E-state index contributed by atoms with van der Waals surface area (Å²) in [5.74, 6) is -1.76. The van der Waals surface area contributed by atoms with Gasteiger partial charge in [-0.1, -0.05) is 12.1 Å². The van der Waals surface area contributed by atoms with E-state index in [0.717, 1.165) is 0 Å². The number of para-hydroxylation sites is 1. The van der Waals surface area contributed by atoms with Crippen molar-refractivity contribution in [3.8, 4) is 5.75 Å². The maximum Gasteiger partial charge on any atom is 0.258 e. The molecule has 17 heavy (non-hydrogen) atoms. The van der Waals surface area contributed by atoms with Crippen LogP contribution in [0.3, 0.4) is 0 Å². The van der Waals surface area contributed by atoms with Crippen molar-refractivity contribution < 1.29 is 18.7 Å². The smallest absolute Gasteiger partial charge is 0.258 e. The topological polar surface area (TPSA) is 81.4 Å². The van der Waals surface area contributed by atoms with Gasteiger partial charge in [-0.2, -0.15) is 0 Å². The predicted molar refractivity (Wildman–Crippen MR) is 58.7 cm³/mol. The van der Waals surface area contributed by atoms with E-state index >= 15 is 0 Å². The molecule has 0 heterocycles. The van der Waals surface area contributed by atoms with E-state index < -0.39 is 23.7 Å². The number of hydrogen-bond donors (Lipinski definition) is 2. The zero-order chi connectivity index (χ0) is 12.8. The summed E-state index contributed by atoms with van der Waals surface area (Å²) < 4.78 is 18.0. The number of nitrogens with two attached hydrogens (primary N) is 1. The second-order valence-corrected chi connectivity index (χ2v) is 3.41. The maximum atomic E-state index is 13.1. The van der Waals surface area contributed by atoms with Crippen LogP contribution in [0.5, 0.6) is 5.75 Å². The molecule has 0 aromatic heterocycles. The number of benzene rings is 1. The quantitative estimate of drug-likeness (QED) is 0.771. The van der Waals surface area contributed by atoms with E-state index in [1.165, 1.54) is 25.1 Å². The molecule has 0 fully saturated rings. The predicted octanol–water partition coefficient (Wildman–Crippen LogP) is 0.194. The fourth-order valence-corrected chi connectivity index (χ4v) is 1.06. The molecule has 1 aromatic rings. The molecule has 92 valence electrons. The lowest BCUT2D eigenvalue weighted by molar-refractivity contribution is -0.128. The fraction of sp³-hybridized carbons (Fsp3) is 0.273. The van der Waals surface area contributed by atoms with Crippen LogP contribution in [0.25, 0.3) is 0 Å². The standard InChI is InChI=1S/C11H13FN2O3/c1-7(11(13)16)14-10(15)6-17-9-5-3-2-4-8(9)12/h2-5,7H,6H2,1H3,(H2,13,16)(H,14,15). The van der Waals surface area contributed by atoms with Crippen molar-refractivity contribution in [2.45, 2.75) is 13.0 Å². The summed E-state index contributed by atoms with van der Waals surface area (Å²) >= 11 is 0. The Balaban J connectivity index is 2.44. The van der Waals surface area contributed by atoms with Gasteiger partial charge in [-0.25, -0.2) is 4.39 Å². The Morgan fingerprint density at radius 3 is 2.71 bits per heavy atom. The molecule has 0 saturated heterocycles. The fourth-order valence-electron chi connectivity index (χ4n) is 1.06. The zero-order valence-corrected chi connectivity index (χ0v) is 9.27. The van der Waals surface area contributed by atoms with Crippen LogP contribution in [0, 0.1) is 5.82 Å². The summed E-state index contributed by atoms with van der Waals surface area (Å²) in [6.07, 6.45) is 0. The molecule has 0 bridgehead atoms. The zero-order valence-electron chi connectivity index (χ0n) is 9.27. The SMILES string of the molecule is CC(NC(=O)COc1ccccc1F)C(N)=O. The molecule has 0 saturated carbocycles. The Bertz CT molecular complexity index is 423. The summed E-state index contributed by atoms with van der Waals surface area (Å²) in [5.41, 5.74) is 4.96. The van der Waals surface area contributed by atoms with Gasteiger partial charge in [-0.15, -0.1) is 0 Å². The van der Waals surface area contributed by atoms with Crippen LogP contribution >= 0.6 is 0 Å². The molecule has 0 aliphatic heterocycles. The van der Waals surface area contributed by atoms with Crippen LogP contribution in [0.1, 0.15) is 6.92 Å². The van der Waals surface area contributed by atoms with E-state index in [0.29, 0.717) is 0 Å². The third kappa shape index (κ3) is 4.10. The van der Waals surface area contributed by atoms with Gasteiger partial charge in [0, 0.05) is 0 Å². The third-order valence-corrected chi connectivity index (χ3v) is 2.00. The van der Waals surface area contributed by atoms with Crippen molar-refractivity contribution in [3.63, 3.8) is 0 Å². The molecule has 0 aliphatic rings. The first kappa shape index (κ1) is 13.0. The van der Waals surface area contributed by atoms with Gasteiger partial charge in [-0.05, 0) is 19.1 Å². The number of primary amides is 1. The van der Waals surface area contributed by atoms with Crippen molar-refractivity contribution >= 4 is 11.8 Å². The lowest BCUT2D eigenvalue weighted by atomic mass is 10.3. The molecule has 0 spiro atoms. The Labute approximate surface area is 97.7 Å². The summed E-state index contributed by atoms with van der Waals surface area (Å²) in [5, 5.41) is 2.31. The lowest BCUT2D eigenvalue weighted by Gasteiger charge is -2.11. The normalized spacial score (nSPS) is 11.6. The van der Waals surface area contributed by atoms with E-state index in [9.17, 15) is 14.0 Å². The Morgan fingerprint density at radius 1 is 1.47 bits per heavy atom. The van der Waals surface area contributed by atoms with Gasteiger partial charge >= 0.3 is 0 Å². The van der Waals surface area contributed by atoms with Gasteiger partial charge in [0.2, 0.25) is 5.91 Å². The molecular formula is C11H13FN2O3. The van der Waals surface area contributed by atoms with Gasteiger partial charge in [-0.3, -0.25) is 9.59 Å². The van der Waals surface area contributed by atoms with E-state index in [4.69, 9.17) is 10.5 Å². The number of nitrogens with one attached hydrogen (secondary N) is 1. The minimum Gasteiger partial charge on any atom is -0.481 e. The molecule has 5 nitrogen and oxygen atoms in total. The highest BCUT2D eigenvalue weighted by atomic mass is 19.1. The van der Waals surface area contributed by atoms with Crippen molar-refractivity contribution in [2.24, 2.45) is 5.73 Å². The van der Waals surface area contributed by atoms with Crippen LogP contribution in [-0.4, -0.2) is 24.5 Å². The van der Waals surface area contributed by atoms with E-state index in [-0.39, 0.29) is 12.4 Å². The molecule has 1 unspecified atom stereocenters. The van der Waals surface area contributed by atoms with Crippen molar-refractivity contribution in [1.29, 1.82) is 0 Å². The summed E-state index contributed by atoms with van der Waals surface area (Å²) in [7, 11) is 0. The van der Waals surface area contributed by atoms with Gasteiger partial charge in [0.1, 0.15) is 6.04 Å². The number of halogens is 1. The van der Waals surface area contributed by atoms with Crippen LogP contribution < -0.4 is 15.8 Å². The average Bonchev–Trinajstić information content (AvgIpc) is 2.27. The molecule has 1 aromatic carbocycles. The number of ether oxygens (including phenoxy) is 1. The Hall–Kier alpha value is -2.11. The first-order valence-electron chi connectivity index (χ1n) is 4.96. The molecule has 0 radical (unpaired) electrons. The van der Waals surface area contributed by atoms with Crippen LogP contribution in [0.15, 0.2) is 24.3 Å². The first-order chi connectivity index (χ1) is 8.00. The Morgan fingerprint density at radius 2 is 2.12 bits per heavy atom. The largest absolute Gasteiger partial charge is 0.481 e. The number of hydrogen-bond acceptors (Lipinski definition) is 3. The second-order valence-electron chi connectivity index (χ2n) is 3.41. The summed E-state index contributed by atoms with van der Waals surface area (Å²) in [6, 6.07) is 4.94. The van der Waals surface area contributed by atoms with Crippen LogP contribution in [0.2, 0.25) is 0 Å². The average molecular weight is 240 g/mol. The highest BCUT2D eigenvalue weighted by Gasteiger charge is 2.12. The van der Waals surface area contributed by atoms with Crippen LogP contribution in [-0.2, 0) is 9.59 Å². The van der Waals surface area contributed by atoms with E-state index in [2.05, 4.69) is 5.32 Å². The number of carbonyl (C=O) groups is 2. The minimum absolute atomic E-state index is 0.0191. The van der Waals surface area contributed by atoms with Gasteiger partial charge in [0.05, 0.1) is 0 Å². The number of amides is 2. The van der Waals surface area contributed by atoms with Gasteiger partial charge in [0.25, 0.3) is 5.91 Å². The van der Waals surface area contributed by atoms with Gasteiger partial charge < -0.3 is 15.8 Å². The van der Waals surface area contributed by atoms with Crippen molar-refractivity contribution in [1.82, 2.24) is 5.32 Å². The molecule has 6 heteroatoms.